The van der Waals surface area contributed by atoms with E-state index in [4.69, 9.17) is 0 Å². The predicted molar refractivity (Wildman–Crippen MR) is 93.7 cm³/mol. The Balaban J connectivity index is 1.66. The van der Waals surface area contributed by atoms with Crippen LogP contribution < -0.4 is 10.2 Å². The van der Waals surface area contributed by atoms with Gasteiger partial charge in [-0.05, 0) is 35.7 Å². The van der Waals surface area contributed by atoms with Gasteiger partial charge in [-0.15, -0.1) is 0 Å². The number of aliphatic hydroxyl groups excluding tert-OH is 1. The van der Waals surface area contributed by atoms with Gasteiger partial charge in [0.25, 0.3) is 0 Å². The molecule has 2 N–H and O–H groups in total. The highest BCUT2D eigenvalue weighted by Gasteiger charge is 2.40. The van der Waals surface area contributed by atoms with Crippen molar-refractivity contribution in [1.29, 1.82) is 0 Å². The predicted octanol–water partition coefficient (Wildman–Crippen LogP) is 3.21. The van der Waals surface area contributed by atoms with Crippen LogP contribution in [0.25, 0.3) is 0 Å². The van der Waals surface area contributed by atoms with Crippen LogP contribution in [0.2, 0.25) is 0 Å². The van der Waals surface area contributed by atoms with Gasteiger partial charge in [0.15, 0.2) is 0 Å². The Morgan fingerprint density at radius 3 is 2.74 bits per heavy atom. The fraction of sp³-hybridized carbons (Fsp3) is 0.400. The Bertz CT molecular complexity index is 685. The van der Waals surface area contributed by atoms with Gasteiger partial charge in [-0.3, -0.25) is 0 Å². The van der Waals surface area contributed by atoms with Crippen LogP contribution in [-0.2, 0) is 6.54 Å². The minimum absolute atomic E-state index is 0.171. The number of nitrogens with one attached hydrogen (secondary N) is 1. The van der Waals surface area contributed by atoms with Gasteiger partial charge in [0.2, 0.25) is 0 Å². The molecule has 0 aromatic heterocycles. The summed E-state index contributed by atoms with van der Waals surface area (Å²) in [5.41, 5.74) is 5.16. The summed E-state index contributed by atoms with van der Waals surface area (Å²) in [4.78, 5) is 2.47. The molecule has 3 unspecified atom stereocenters. The zero-order chi connectivity index (χ0) is 15.8. The Kier molecular flexibility index (Phi) is 3.83. The highest BCUT2D eigenvalue weighted by atomic mass is 16.3. The van der Waals surface area contributed by atoms with Crippen LogP contribution in [0.3, 0.4) is 0 Å². The number of rotatable bonds is 4. The van der Waals surface area contributed by atoms with Crippen molar-refractivity contribution < 1.29 is 5.11 Å². The van der Waals surface area contributed by atoms with Crippen LogP contribution >= 0.6 is 0 Å². The van der Waals surface area contributed by atoms with Crippen LogP contribution in [-0.4, -0.2) is 24.2 Å². The Morgan fingerprint density at radius 1 is 1.13 bits per heavy atom. The lowest BCUT2D eigenvalue weighted by Gasteiger charge is -2.33. The van der Waals surface area contributed by atoms with Crippen molar-refractivity contribution in [3.63, 3.8) is 0 Å². The van der Waals surface area contributed by atoms with E-state index in [0.717, 1.165) is 31.6 Å². The van der Waals surface area contributed by atoms with Crippen molar-refractivity contribution in [2.75, 3.05) is 18.0 Å². The zero-order valence-electron chi connectivity index (χ0n) is 13.6. The van der Waals surface area contributed by atoms with Gasteiger partial charge in [-0.25, -0.2) is 0 Å². The fourth-order valence-corrected chi connectivity index (χ4v) is 4.26. The molecular weight excluding hydrogens is 284 g/mol. The summed E-state index contributed by atoms with van der Waals surface area (Å²) in [6, 6.07) is 17.2. The molecule has 3 nitrogen and oxygen atoms in total. The van der Waals surface area contributed by atoms with Gasteiger partial charge in [0, 0.05) is 30.7 Å². The highest BCUT2D eigenvalue weighted by Crippen LogP contribution is 2.47. The maximum absolute atomic E-state index is 10.7. The molecule has 23 heavy (non-hydrogen) atoms. The molecule has 3 heteroatoms. The third-order valence-electron chi connectivity index (χ3n) is 5.23. The average Bonchev–Trinajstić information content (AvgIpc) is 2.92. The lowest BCUT2D eigenvalue weighted by molar-refractivity contribution is 0.111. The van der Waals surface area contributed by atoms with Crippen molar-refractivity contribution in [3.05, 3.63) is 65.2 Å². The second-order valence-corrected chi connectivity index (χ2v) is 6.69. The van der Waals surface area contributed by atoms with E-state index in [-0.39, 0.29) is 6.04 Å². The Labute approximate surface area is 138 Å². The quantitative estimate of drug-likeness (QED) is 0.910. The van der Waals surface area contributed by atoms with Gasteiger partial charge in [0.1, 0.15) is 0 Å². The number of hydrogen-bond acceptors (Lipinski definition) is 3. The Hall–Kier alpha value is -1.84. The monoisotopic (exact) mass is 308 g/mol. The normalized spacial score (nSPS) is 25.5. The van der Waals surface area contributed by atoms with Crippen molar-refractivity contribution in [3.8, 4) is 0 Å². The molecule has 3 atom stereocenters. The first-order valence-electron chi connectivity index (χ1n) is 8.61. The smallest absolute Gasteiger partial charge is 0.0946 e. The molecule has 1 aliphatic heterocycles. The maximum atomic E-state index is 10.7. The number of likely N-dealkylation sites (N-methyl/N-ethyl adjacent to an activating group) is 1. The molecule has 0 saturated heterocycles. The number of benzene rings is 2. The molecule has 0 fully saturated rings. The summed E-state index contributed by atoms with van der Waals surface area (Å²) in [5.74, 6) is 0.525. The minimum Gasteiger partial charge on any atom is -0.387 e. The largest absolute Gasteiger partial charge is 0.387 e. The lowest BCUT2D eigenvalue weighted by atomic mass is 9.79. The van der Waals surface area contributed by atoms with E-state index in [2.05, 4.69) is 65.7 Å². The molecule has 2 aromatic carbocycles. The number of nitrogens with zero attached hydrogens (tertiary/aromatic N) is 1. The van der Waals surface area contributed by atoms with Crippen LogP contribution in [0, 0.1) is 0 Å². The van der Waals surface area contributed by atoms with E-state index >= 15 is 0 Å². The van der Waals surface area contributed by atoms with Crippen LogP contribution in [0.5, 0.6) is 0 Å². The number of hydrogen-bond donors (Lipinski definition) is 2. The number of anilines is 1. The van der Waals surface area contributed by atoms with Gasteiger partial charge in [0.05, 0.1) is 6.10 Å². The lowest BCUT2D eigenvalue weighted by Crippen LogP contribution is -2.39. The molecule has 0 saturated carbocycles. The standard InChI is InChI=1S/C20H24N2O/c1-2-21-17-11-15-13-22(12-14-7-4-3-5-8-14)18-10-6-9-16(19(15)18)20(17)23/h3-10,15,17,20-21,23H,2,11-13H2,1H3. The molecule has 4 rings (SSSR count). The van der Waals surface area contributed by atoms with E-state index in [1.165, 1.54) is 16.8 Å². The second kappa shape index (κ2) is 5.99. The molecule has 0 bridgehead atoms. The summed E-state index contributed by atoms with van der Waals surface area (Å²) >= 11 is 0. The topological polar surface area (TPSA) is 35.5 Å². The van der Waals surface area contributed by atoms with Gasteiger partial charge in [-0.2, -0.15) is 0 Å². The minimum atomic E-state index is -0.391. The maximum Gasteiger partial charge on any atom is 0.0946 e. The van der Waals surface area contributed by atoms with E-state index < -0.39 is 6.10 Å². The summed E-state index contributed by atoms with van der Waals surface area (Å²) < 4.78 is 0. The van der Waals surface area contributed by atoms with E-state index in [0.29, 0.717) is 5.92 Å². The molecule has 2 aromatic rings. The van der Waals surface area contributed by atoms with Crippen molar-refractivity contribution in [2.45, 2.75) is 38.0 Å². The van der Waals surface area contributed by atoms with E-state index in [1.807, 2.05) is 0 Å². The van der Waals surface area contributed by atoms with Crippen LogP contribution in [0.4, 0.5) is 5.69 Å². The van der Waals surface area contributed by atoms with Gasteiger partial charge < -0.3 is 15.3 Å². The molecule has 0 amide bonds. The number of aliphatic hydroxyl groups is 1. The van der Waals surface area contributed by atoms with Gasteiger partial charge >= 0.3 is 0 Å². The first-order chi connectivity index (χ1) is 11.3. The molecule has 0 spiro atoms. The Morgan fingerprint density at radius 2 is 1.96 bits per heavy atom. The fourth-order valence-electron chi connectivity index (χ4n) is 4.26. The molecule has 1 heterocycles. The molecule has 2 aliphatic rings. The molecule has 120 valence electrons. The third-order valence-corrected chi connectivity index (χ3v) is 5.23. The SMILES string of the molecule is CCNC1CC2CN(Cc3ccccc3)c3cccc(c32)C1O. The summed E-state index contributed by atoms with van der Waals surface area (Å²) in [6.45, 7) is 5.00. The van der Waals surface area contributed by atoms with Crippen LogP contribution in [0.15, 0.2) is 48.5 Å². The first kappa shape index (κ1) is 14.7. The first-order valence-corrected chi connectivity index (χ1v) is 8.61. The van der Waals surface area contributed by atoms with Crippen molar-refractivity contribution in [2.24, 2.45) is 0 Å². The average molecular weight is 308 g/mol. The van der Waals surface area contributed by atoms with E-state index in [9.17, 15) is 5.11 Å². The van der Waals surface area contributed by atoms with E-state index in [1.54, 1.807) is 0 Å². The van der Waals surface area contributed by atoms with Gasteiger partial charge in [-0.1, -0.05) is 49.4 Å². The summed E-state index contributed by atoms with van der Waals surface area (Å²) in [7, 11) is 0. The molecule has 0 radical (unpaired) electrons. The molecular formula is C20H24N2O. The third kappa shape index (κ3) is 2.54. The van der Waals surface area contributed by atoms with Crippen LogP contribution in [0.1, 0.15) is 42.1 Å². The van der Waals surface area contributed by atoms with Crippen molar-refractivity contribution in [1.82, 2.24) is 5.32 Å². The van der Waals surface area contributed by atoms with Crippen molar-refractivity contribution >= 4 is 5.69 Å². The second-order valence-electron chi connectivity index (χ2n) is 6.69. The molecule has 1 aliphatic carbocycles. The summed E-state index contributed by atoms with van der Waals surface area (Å²) in [5, 5.41) is 14.2. The zero-order valence-corrected chi connectivity index (χ0v) is 13.6. The summed E-state index contributed by atoms with van der Waals surface area (Å²) in [6.07, 6.45) is 0.627. The highest BCUT2D eigenvalue weighted by molar-refractivity contribution is 5.65.